The first kappa shape index (κ1) is 16.1. The molecule has 5 nitrogen and oxygen atoms in total. The highest BCUT2D eigenvalue weighted by atomic mass is 32.2. The van der Waals surface area contributed by atoms with E-state index < -0.39 is 10.0 Å². The van der Waals surface area contributed by atoms with Crippen molar-refractivity contribution in [3.8, 4) is 5.75 Å². The molecule has 0 saturated carbocycles. The van der Waals surface area contributed by atoms with Crippen LogP contribution in [0.2, 0.25) is 0 Å². The summed E-state index contributed by atoms with van der Waals surface area (Å²) in [6.45, 7) is 1.96. The van der Waals surface area contributed by atoms with E-state index in [-0.39, 0.29) is 22.4 Å². The Morgan fingerprint density at radius 3 is 2.58 bits per heavy atom. The number of hydrogen-bond acceptors (Lipinski definition) is 5. The molecule has 0 spiro atoms. The molecule has 7 heteroatoms. The fraction of sp³-hybridized carbons (Fsp3) is 0.500. The zero-order valence-electron chi connectivity index (χ0n) is 11.3. The van der Waals surface area contributed by atoms with Crippen LogP contribution < -0.4 is 5.73 Å². The maximum atomic E-state index is 12.5. The summed E-state index contributed by atoms with van der Waals surface area (Å²) in [6, 6.07) is 3.89. The second-order valence-corrected chi connectivity index (χ2v) is 7.17. The first-order valence-electron chi connectivity index (χ1n) is 5.90. The van der Waals surface area contributed by atoms with Crippen LogP contribution in [-0.2, 0) is 10.0 Å². The quantitative estimate of drug-likeness (QED) is 0.618. The van der Waals surface area contributed by atoms with E-state index in [1.807, 2.05) is 13.2 Å². The van der Waals surface area contributed by atoms with Gasteiger partial charge in [0.05, 0.1) is 10.6 Å². The Bertz CT molecular complexity index is 532. The number of nitrogens with two attached hydrogens (primary N) is 1. The van der Waals surface area contributed by atoms with Crippen molar-refractivity contribution in [3.63, 3.8) is 0 Å². The van der Waals surface area contributed by atoms with Gasteiger partial charge in [0.1, 0.15) is 5.75 Å². The van der Waals surface area contributed by atoms with Gasteiger partial charge in [0.2, 0.25) is 10.0 Å². The number of sulfonamides is 1. The molecule has 1 unspecified atom stereocenters. The first-order valence-corrected chi connectivity index (χ1v) is 8.73. The molecule has 3 N–H and O–H groups in total. The molecule has 0 aliphatic carbocycles. The molecule has 0 saturated heterocycles. The van der Waals surface area contributed by atoms with Crippen LogP contribution in [-0.4, -0.2) is 42.9 Å². The van der Waals surface area contributed by atoms with Gasteiger partial charge in [-0.1, -0.05) is 6.92 Å². The second-order valence-electron chi connectivity index (χ2n) is 4.26. The Morgan fingerprint density at radius 1 is 1.47 bits per heavy atom. The number of nitrogens with zero attached hydrogens (tertiary/aromatic N) is 1. The van der Waals surface area contributed by atoms with E-state index >= 15 is 0 Å². The zero-order chi connectivity index (χ0) is 14.6. The summed E-state index contributed by atoms with van der Waals surface area (Å²) in [7, 11) is -2.01. The van der Waals surface area contributed by atoms with Crippen molar-refractivity contribution < 1.29 is 13.5 Å². The van der Waals surface area contributed by atoms with Crippen molar-refractivity contribution in [2.75, 3.05) is 24.8 Å². The maximum absolute atomic E-state index is 12.5. The smallest absolute Gasteiger partial charge is 0.243 e. The number of aromatic hydroxyl groups is 1. The highest BCUT2D eigenvalue weighted by Crippen LogP contribution is 2.26. The molecular weight excluding hydrogens is 284 g/mol. The van der Waals surface area contributed by atoms with Gasteiger partial charge < -0.3 is 10.8 Å². The van der Waals surface area contributed by atoms with Crippen molar-refractivity contribution in [1.82, 2.24) is 4.31 Å². The van der Waals surface area contributed by atoms with E-state index in [1.165, 1.54) is 22.5 Å². The predicted octanol–water partition coefficient (Wildman–Crippen LogP) is 1.74. The number of nitrogen functional groups attached to an aromatic ring is 1. The van der Waals surface area contributed by atoms with Crippen molar-refractivity contribution in [1.29, 1.82) is 0 Å². The SMILES string of the molecule is CCC(CSC)N(C)S(=O)(=O)c1ccc(O)c(N)c1. The third kappa shape index (κ3) is 3.55. The Labute approximate surface area is 118 Å². The monoisotopic (exact) mass is 304 g/mol. The molecule has 0 heterocycles. The molecule has 0 amide bonds. The molecule has 19 heavy (non-hydrogen) atoms. The van der Waals surface area contributed by atoms with Crippen molar-refractivity contribution in [3.05, 3.63) is 18.2 Å². The Kier molecular flexibility index (Phi) is 5.51. The molecule has 0 fully saturated rings. The largest absolute Gasteiger partial charge is 0.506 e. The topological polar surface area (TPSA) is 83.6 Å². The molecule has 1 aromatic carbocycles. The average molecular weight is 304 g/mol. The van der Waals surface area contributed by atoms with E-state index in [4.69, 9.17) is 5.73 Å². The fourth-order valence-electron chi connectivity index (χ4n) is 1.73. The van der Waals surface area contributed by atoms with Gasteiger partial charge in [-0.25, -0.2) is 8.42 Å². The number of thioether (sulfide) groups is 1. The van der Waals surface area contributed by atoms with E-state index in [0.717, 1.165) is 12.2 Å². The van der Waals surface area contributed by atoms with E-state index in [0.29, 0.717) is 0 Å². The lowest BCUT2D eigenvalue weighted by Gasteiger charge is -2.26. The molecule has 0 radical (unpaired) electrons. The summed E-state index contributed by atoms with van der Waals surface area (Å²) in [6.07, 6.45) is 2.69. The number of rotatable bonds is 6. The number of anilines is 1. The van der Waals surface area contributed by atoms with Crippen molar-refractivity contribution in [2.45, 2.75) is 24.3 Å². The zero-order valence-corrected chi connectivity index (χ0v) is 13.0. The van der Waals surface area contributed by atoms with Gasteiger partial charge >= 0.3 is 0 Å². The molecule has 0 aliphatic rings. The van der Waals surface area contributed by atoms with Gasteiger partial charge in [0.15, 0.2) is 0 Å². The molecule has 1 atom stereocenters. The molecule has 1 aromatic rings. The lowest BCUT2D eigenvalue weighted by Crippen LogP contribution is -2.38. The van der Waals surface area contributed by atoms with Gasteiger partial charge in [-0.15, -0.1) is 0 Å². The van der Waals surface area contributed by atoms with E-state index in [1.54, 1.807) is 18.8 Å². The fourth-order valence-corrected chi connectivity index (χ4v) is 4.13. The van der Waals surface area contributed by atoms with Gasteiger partial charge in [-0.2, -0.15) is 16.1 Å². The van der Waals surface area contributed by atoms with Gasteiger partial charge in [-0.05, 0) is 30.9 Å². The van der Waals surface area contributed by atoms with Crippen LogP contribution >= 0.6 is 11.8 Å². The van der Waals surface area contributed by atoms with Crippen LogP contribution in [0.4, 0.5) is 5.69 Å². The summed E-state index contributed by atoms with van der Waals surface area (Å²) < 4.78 is 26.3. The summed E-state index contributed by atoms with van der Waals surface area (Å²) in [4.78, 5) is 0.102. The summed E-state index contributed by atoms with van der Waals surface area (Å²) in [5.74, 6) is 0.623. The van der Waals surface area contributed by atoms with Gasteiger partial charge in [-0.3, -0.25) is 0 Å². The summed E-state index contributed by atoms with van der Waals surface area (Å²) >= 11 is 1.61. The van der Waals surface area contributed by atoms with E-state index in [2.05, 4.69) is 0 Å². The molecular formula is C12H20N2O3S2. The van der Waals surface area contributed by atoms with E-state index in [9.17, 15) is 13.5 Å². The second kappa shape index (κ2) is 6.49. The standard InChI is InChI=1S/C12H20N2O3S2/c1-4-9(8-18-3)14(2)19(16,17)10-5-6-12(15)11(13)7-10/h5-7,9,15H,4,8,13H2,1-3H3. The van der Waals surface area contributed by atoms with Crippen LogP contribution in [0.25, 0.3) is 0 Å². The third-order valence-corrected chi connectivity index (χ3v) is 5.64. The van der Waals surface area contributed by atoms with Crippen LogP contribution in [0.1, 0.15) is 13.3 Å². The first-order chi connectivity index (χ1) is 8.84. The Balaban J connectivity index is 3.11. The average Bonchev–Trinajstić information content (AvgIpc) is 2.38. The molecule has 0 aliphatic heterocycles. The molecule has 108 valence electrons. The number of phenolic OH excluding ortho intramolecular Hbond substituents is 1. The molecule has 0 bridgehead atoms. The highest BCUT2D eigenvalue weighted by Gasteiger charge is 2.27. The minimum atomic E-state index is -3.58. The maximum Gasteiger partial charge on any atom is 0.243 e. The number of benzene rings is 1. The minimum absolute atomic E-state index is 0.0602. The lowest BCUT2D eigenvalue weighted by atomic mass is 10.3. The van der Waals surface area contributed by atoms with Crippen molar-refractivity contribution >= 4 is 27.5 Å². The molecule has 1 rings (SSSR count). The molecule has 0 aromatic heterocycles. The summed E-state index contributed by atoms with van der Waals surface area (Å²) in [5, 5.41) is 9.35. The predicted molar refractivity (Wildman–Crippen MR) is 79.9 cm³/mol. The minimum Gasteiger partial charge on any atom is -0.506 e. The Hall–Kier alpha value is -0.920. The summed E-state index contributed by atoms with van der Waals surface area (Å²) in [5.41, 5.74) is 5.61. The van der Waals surface area contributed by atoms with Gasteiger partial charge in [0, 0.05) is 18.8 Å². The Morgan fingerprint density at radius 2 is 2.11 bits per heavy atom. The number of hydrogen-bond donors (Lipinski definition) is 2. The number of phenols is 1. The third-order valence-electron chi connectivity index (χ3n) is 3.02. The van der Waals surface area contributed by atoms with Crippen LogP contribution in [0.5, 0.6) is 5.75 Å². The van der Waals surface area contributed by atoms with Crippen LogP contribution in [0.15, 0.2) is 23.1 Å². The van der Waals surface area contributed by atoms with Crippen molar-refractivity contribution in [2.24, 2.45) is 0 Å². The van der Waals surface area contributed by atoms with Crippen LogP contribution in [0.3, 0.4) is 0 Å². The highest BCUT2D eigenvalue weighted by molar-refractivity contribution is 7.98. The normalized spacial score (nSPS) is 13.7. The lowest BCUT2D eigenvalue weighted by molar-refractivity contribution is 0.385. The van der Waals surface area contributed by atoms with Crippen LogP contribution in [0, 0.1) is 0 Å². The van der Waals surface area contributed by atoms with Gasteiger partial charge in [0.25, 0.3) is 0 Å².